The standard InChI is InChI=1S/C13H19N3O2S/c1-15(2)9-4-10-16(3)19(17,18)13-7-5-12(11-14)6-8-13/h5-8H,4,9-10H2,1-3H3. The normalized spacial score (nSPS) is 11.8. The van der Waals surface area contributed by atoms with Gasteiger partial charge in [0.2, 0.25) is 10.0 Å². The van der Waals surface area contributed by atoms with E-state index in [2.05, 4.69) is 0 Å². The van der Waals surface area contributed by atoms with Crippen LogP contribution in [0.25, 0.3) is 0 Å². The summed E-state index contributed by atoms with van der Waals surface area (Å²) in [4.78, 5) is 2.24. The minimum atomic E-state index is -3.46. The summed E-state index contributed by atoms with van der Waals surface area (Å²) < 4.78 is 25.8. The molecule has 0 saturated carbocycles. The molecular weight excluding hydrogens is 262 g/mol. The van der Waals surface area contributed by atoms with Gasteiger partial charge in [-0.15, -0.1) is 0 Å². The molecule has 1 aromatic rings. The highest BCUT2D eigenvalue weighted by molar-refractivity contribution is 7.89. The van der Waals surface area contributed by atoms with E-state index in [4.69, 9.17) is 5.26 Å². The van der Waals surface area contributed by atoms with E-state index >= 15 is 0 Å². The first-order valence-corrected chi connectivity index (χ1v) is 7.43. The lowest BCUT2D eigenvalue weighted by atomic mass is 10.2. The van der Waals surface area contributed by atoms with Crippen molar-refractivity contribution >= 4 is 10.0 Å². The van der Waals surface area contributed by atoms with Crippen molar-refractivity contribution < 1.29 is 8.42 Å². The largest absolute Gasteiger partial charge is 0.309 e. The molecule has 0 aliphatic heterocycles. The van der Waals surface area contributed by atoms with Crippen molar-refractivity contribution in [3.8, 4) is 6.07 Å². The molecule has 19 heavy (non-hydrogen) atoms. The third-order valence-electron chi connectivity index (χ3n) is 2.77. The maximum atomic E-state index is 12.2. The summed E-state index contributed by atoms with van der Waals surface area (Å²) in [5.41, 5.74) is 0.453. The fourth-order valence-electron chi connectivity index (χ4n) is 1.61. The van der Waals surface area contributed by atoms with Gasteiger partial charge in [0.1, 0.15) is 0 Å². The van der Waals surface area contributed by atoms with Crippen LogP contribution >= 0.6 is 0 Å². The van der Waals surface area contributed by atoms with E-state index in [0.717, 1.165) is 13.0 Å². The van der Waals surface area contributed by atoms with Crippen LogP contribution in [0.3, 0.4) is 0 Å². The zero-order valence-corrected chi connectivity index (χ0v) is 12.3. The van der Waals surface area contributed by atoms with Crippen LogP contribution in [-0.2, 0) is 10.0 Å². The fourth-order valence-corrected chi connectivity index (χ4v) is 2.82. The zero-order valence-electron chi connectivity index (χ0n) is 11.5. The Hall–Kier alpha value is -1.42. The van der Waals surface area contributed by atoms with Crippen molar-refractivity contribution in [3.05, 3.63) is 29.8 Å². The van der Waals surface area contributed by atoms with E-state index in [0.29, 0.717) is 12.1 Å². The predicted molar refractivity (Wildman–Crippen MR) is 74.1 cm³/mol. The van der Waals surface area contributed by atoms with Crippen molar-refractivity contribution in [1.29, 1.82) is 5.26 Å². The van der Waals surface area contributed by atoms with E-state index in [9.17, 15) is 8.42 Å². The number of hydrogen-bond donors (Lipinski definition) is 0. The number of sulfonamides is 1. The molecule has 0 fully saturated rings. The van der Waals surface area contributed by atoms with Gasteiger partial charge in [0, 0.05) is 13.6 Å². The Labute approximate surface area is 115 Å². The van der Waals surface area contributed by atoms with Gasteiger partial charge in [0.15, 0.2) is 0 Å². The Balaban J connectivity index is 2.76. The van der Waals surface area contributed by atoms with Crippen LogP contribution in [0.1, 0.15) is 12.0 Å². The highest BCUT2D eigenvalue weighted by atomic mass is 32.2. The molecule has 0 radical (unpaired) electrons. The number of benzene rings is 1. The molecule has 0 spiro atoms. The molecule has 0 amide bonds. The third-order valence-corrected chi connectivity index (χ3v) is 4.64. The molecule has 0 aromatic heterocycles. The summed E-state index contributed by atoms with van der Waals surface area (Å²) in [5.74, 6) is 0. The second-order valence-corrected chi connectivity index (χ2v) is 6.66. The third kappa shape index (κ3) is 4.31. The lowest BCUT2D eigenvalue weighted by Gasteiger charge is -2.18. The van der Waals surface area contributed by atoms with Crippen molar-refractivity contribution in [3.63, 3.8) is 0 Å². The topological polar surface area (TPSA) is 64.4 Å². The summed E-state index contributed by atoms with van der Waals surface area (Å²) in [7, 11) is 2.02. The summed E-state index contributed by atoms with van der Waals surface area (Å²) in [6.45, 7) is 1.31. The molecule has 6 heteroatoms. The van der Waals surface area contributed by atoms with Gasteiger partial charge in [-0.05, 0) is 51.3 Å². The highest BCUT2D eigenvalue weighted by Crippen LogP contribution is 2.15. The SMILES string of the molecule is CN(C)CCCN(C)S(=O)(=O)c1ccc(C#N)cc1. The summed E-state index contributed by atoms with van der Waals surface area (Å²) in [5, 5.41) is 8.69. The Kier molecular flexibility index (Phi) is 5.48. The number of nitrogens with zero attached hydrogens (tertiary/aromatic N) is 3. The lowest BCUT2D eigenvalue weighted by Crippen LogP contribution is -2.29. The second-order valence-electron chi connectivity index (χ2n) is 4.62. The van der Waals surface area contributed by atoms with Crippen LogP contribution in [0.5, 0.6) is 0 Å². The highest BCUT2D eigenvalue weighted by Gasteiger charge is 2.20. The van der Waals surface area contributed by atoms with Crippen LogP contribution in [0, 0.1) is 11.3 Å². The molecule has 0 aliphatic carbocycles. The molecule has 0 saturated heterocycles. The monoisotopic (exact) mass is 281 g/mol. The molecule has 0 atom stereocenters. The molecule has 0 unspecified atom stereocenters. The Morgan fingerprint density at radius 2 is 1.68 bits per heavy atom. The molecule has 0 bridgehead atoms. The van der Waals surface area contributed by atoms with Gasteiger partial charge in [-0.1, -0.05) is 0 Å². The first-order valence-electron chi connectivity index (χ1n) is 5.99. The van der Waals surface area contributed by atoms with Crippen LogP contribution in [0.4, 0.5) is 0 Å². The van der Waals surface area contributed by atoms with E-state index < -0.39 is 10.0 Å². The Bertz CT molecular complexity index is 544. The van der Waals surface area contributed by atoms with Crippen molar-refractivity contribution in [2.75, 3.05) is 34.2 Å². The van der Waals surface area contributed by atoms with Gasteiger partial charge in [0.25, 0.3) is 0 Å². The van der Waals surface area contributed by atoms with Crippen LogP contribution in [-0.4, -0.2) is 51.9 Å². The van der Waals surface area contributed by atoms with Crippen LogP contribution in [0.2, 0.25) is 0 Å². The van der Waals surface area contributed by atoms with Crippen molar-refractivity contribution in [1.82, 2.24) is 9.21 Å². The molecule has 0 N–H and O–H groups in total. The Morgan fingerprint density at radius 1 is 1.11 bits per heavy atom. The van der Waals surface area contributed by atoms with Crippen molar-refractivity contribution in [2.24, 2.45) is 0 Å². The molecular formula is C13H19N3O2S. The molecule has 1 aromatic carbocycles. The van der Waals surface area contributed by atoms with Crippen molar-refractivity contribution in [2.45, 2.75) is 11.3 Å². The number of hydrogen-bond acceptors (Lipinski definition) is 4. The van der Waals surface area contributed by atoms with Gasteiger partial charge >= 0.3 is 0 Å². The maximum Gasteiger partial charge on any atom is 0.242 e. The first-order chi connectivity index (χ1) is 8.87. The molecule has 0 aliphatic rings. The quantitative estimate of drug-likeness (QED) is 0.784. The Morgan fingerprint density at radius 3 is 2.16 bits per heavy atom. The van der Waals surface area contributed by atoms with E-state index in [1.807, 2.05) is 25.1 Å². The van der Waals surface area contributed by atoms with Gasteiger partial charge in [-0.3, -0.25) is 0 Å². The first kappa shape index (κ1) is 15.6. The minimum Gasteiger partial charge on any atom is -0.309 e. The number of rotatable bonds is 6. The van der Waals surface area contributed by atoms with E-state index in [1.165, 1.54) is 28.6 Å². The van der Waals surface area contributed by atoms with Gasteiger partial charge < -0.3 is 4.90 Å². The fraction of sp³-hybridized carbons (Fsp3) is 0.462. The lowest BCUT2D eigenvalue weighted by molar-refractivity contribution is 0.370. The molecule has 5 nitrogen and oxygen atoms in total. The number of nitriles is 1. The smallest absolute Gasteiger partial charge is 0.242 e. The zero-order chi connectivity index (χ0) is 14.5. The predicted octanol–water partition coefficient (Wildman–Crippen LogP) is 1.13. The molecule has 1 rings (SSSR count). The average Bonchev–Trinajstić information content (AvgIpc) is 2.38. The van der Waals surface area contributed by atoms with Gasteiger partial charge in [-0.2, -0.15) is 5.26 Å². The minimum absolute atomic E-state index is 0.221. The van der Waals surface area contributed by atoms with Gasteiger partial charge in [0.05, 0.1) is 16.5 Å². The second kappa shape index (κ2) is 6.66. The summed E-state index contributed by atoms with van der Waals surface area (Å²) in [6, 6.07) is 7.93. The van der Waals surface area contributed by atoms with E-state index in [-0.39, 0.29) is 4.90 Å². The van der Waals surface area contributed by atoms with Gasteiger partial charge in [-0.25, -0.2) is 12.7 Å². The van der Waals surface area contributed by atoms with E-state index in [1.54, 1.807) is 7.05 Å². The van der Waals surface area contributed by atoms with Crippen LogP contribution < -0.4 is 0 Å². The molecule has 0 heterocycles. The molecule has 104 valence electrons. The summed E-state index contributed by atoms with van der Waals surface area (Å²) in [6.07, 6.45) is 0.777. The average molecular weight is 281 g/mol. The maximum absolute atomic E-state index is 12.2. The van der Waals surface area contributed by atoms with Crippen LogP contribution in [0.15, 0.2) is 29.2 Å². The summed E-state index contributed by atoms with van der Waals surface area (Å²) >= 11 is 0.